The first kappa shape index (κ1) is 22.1. The maximum absolute atomic E-state index is 14.2. The summed E-state index contributed by atoms with van der Waals surface area (Å²) in [4.78, 5) is 30.0. The summed E-state index contributed by atoms with van der Waals surface area (Å²) in [6, 6.07) is 11.7. The molecule has 3 aromatic rings. The highest BCUT2D eigenvalue weighted by molar-refractivity contribution is 9.10. The highest BCUT2D eigenvalue weighted by atomic mass is 79.9. The van der Waals surface area contributed by atoms with Gasteiger partial charge in [-0.1, -0.05) is 6.07 Å². The van der Waals surface area contributed by atoms with Crippen LogP contribution >= 0.6 is 34.9 Å². The van der Waals surface area contributed by atoms with Crippen molar-refractivity contribution >= 4 is 50.9 Å². The predicted molar refractivity (Wildman–Crippen MR) is 115 cm³/mol. The van der Waals surface area contributed by atoms with E-state index in [1.807, 2.05) is 6.07 Å². The van der Waals surface area contributed by atoms with Crippen LogP contribution in [0.4, 0.5) is 8.78 Å². The summed E-state index contributed by atoms with van der Waals surface area (Å²) >= 11 is 3.57. The molecule has 0 saturated heterocycles. The molecule has 0 aliphatic heterocycles. The molecule has 6 nitrogen and oxygen atoms in total. The Morgan fingerprint density at radius 2 is 1.94 bits per heavy atom. The molecule has 11 heteroatoms. The van der Waals surface area contributed by atoms with Gasteiger partial charge in [-0.2, -0.15) is 14.0 Å². The molecule has 0 fully saturated rings. The molecule has 0 radical (unpaired) electrons. The normalized spacial score (nSPS) is 16.2. The molecule has 0 spiro atoms. The monoisotopic (exact) mass is 526 g/mol. The number of hydrogen-bond acceptors (Lipinski definition) is 4. The van der Waals surface area contributed by atoms with Gasteiger partial charge in [0.2, 0.25) is 0 Å². The molecule has 2 aromatic carbocycles. The van der Waals surface area contributed by atoms with Crippen LogP contribution in [-0.4, -0.2) is 21.7 Å². The van der Waals surface area contributed by atoms with E-state index < -0.39 is 18.1 Å². The molecule has 1 aliphatic carbocycles. The largest absolute Gasteiger partial charge is 0.400 e. The molecular formula is C20H14BrF2N2O4PS. The molecular weight excluding hydrogens is 513 g/mol. The van der Waals surface area contributed by atoms with E-state index in [9.17, 15) is 18.1 Å². The Morgan fingerprint density at radius 3 is 2.61 bits per heavy atom. The van der Waals surface area contributed by atoms with E-state index in [0.29, 0.717) is 34.4 Å². The van der Waals surface area contributed by atoms with Gasteiger partial charge < -0.3 is 15.1 Å². The van der Waals surface area contributed by atoms with Crippen molar-refractivity contribution in [1.29, 1.82) is 5.26 Å². The maximum Gasteiger partial charge on any atom is 0.400 e. The summed E-state index contributed by atoms with van der Waals surface area (Å²) in [5.41, 5.74) is -1.48. The van der Waals surface area contributed by atoms with Gasteiger partial charge in [0.05, 0.1) is 11.6 Å². The fourth-order valence-corrected chi connectivity index (χ4v) is 6.52. The fourth-order valence-electron chi connectivity index (χ4n) is 3.59. The third-order valence-corrected chi connectivity index (χ3v) is 8.57. The number of nitriles is 1. The average Bonchev–Trinajstić information content (AvgIpc) is 3.26. The summed E-state index contributed by atoms with van der Waals surface area (Å²) in [5.74, 6) is -0.387. The molecule has 1 amide bonds. The fraction of sp³-hybridized carbons (Fsp3) is 0.200. The number of rotatable bonds is 4. The highest BCUT2D eigenvalue weighted by Crippen LogP contribution is 2.62. The summed E-state index contributed by atoms with van der Waals surface area (Å²) in [7, 11) is -5.71. The van der Waals surface area contributed by atoms with Gasteiger partial charge in [-0.05, 0) is 70.2 Å². The van der Waals surface area contributed by atoms with Crippen molar-refractivity contribution in [3.05, 3.63) is 68.0 Å². The number of benzene rings is 2. The van der Waals surface area contributed by atoms with Gasteiger partial charge >= 0.3 is 13.3 Å². The van der Waals surface area contributed by atoms with E-state index in [1.165, 1.54) is 18.2 Å². The van der Waals surface area contributed by atoms with Crippen molar-refractivity contribution in [1.82, 2.24) is 5.32 Å². The first-order valence-electron chi connectivity index (χ1n) is 9.00. The minimum absolute atomic E-state index is 0.146. The van der Waals surface area contributed by atoms with Gasteiger partial charge in [-0.25, -0.2) is 0 Å². The summed E-state index contributed by atoms with van der Waals surface area (Å²) in [6.07, 6.45) is 1.20. The average molecular weight is 527 g/mol. The van der Waals surface area contributed by atoms with Crippen LogP contribution in [0.5, 0.6) is 0 Å². The molecule has 3 N–H and O–H groups in total. The number of fused-ring (bicyclic) bond motifs is 2. The van der Waals surface area contributed by atoms with Crippen LogP contribution in [0.3, 0.4) is 0 Å². The molecule has 0 saturated carbocycles. The van der Waals surface area contributed by atoms with E-state index in [1.54, 1.807) is 12.1 Å². The minimum Gasteiger partial charge on any atom is -0.349 e. The van der Waals surface area contributed by atoms with Crippen molar-refractivity contribution in [2.24, 2.45) is 0 Å². The Kier molecular flexibility index (Phi) is 5.53. The molecule has 1 aromatic heterocycles. The predicted octanol–water partition coefficient (Wildman–Crippen LogP) is 4.66. The molecule has 0 bridgehead atoms. The lowest BCUT2D eigenvalue weighted by molar-refractivity contribution is 0.0595. The van der Waals surface area contributed by atoms with Crippen molar-refractivity contribution in [2.75, 3.05) is 0 Å². The quantitative estimate of drug-likeness (QED) is 0.428. The number of alkyl halides is 2. The van der Waals surface area contributed by atoms with Crippen LogP contribution in [0, 0.1) is 11.3 Å². The number of nitrogens with zero attached hydrogens (tertiary/aromatic N) is 1. The topological polar surface area (TPSA) is 110 Å². The van der Waals surface area contributed by atoms with Crippen LogP contribution in [0.25, 0.3) is 10.1 Å². The van der Waals surface area contributed by atoms with E-state index in [-0.39, 0.29) is 27.4 Å². The van der Waals surface area contributed by atoms with Gasteiger partial charge in [0.1, 0.15) is 4.88 Å². The van der Waals surface area contributed by atoms with E-state index in [4.69, 9.17) is 15.0 Å². The summed E-state index contributed by atoms with van der Waals surface area (Å²) < 4.78 is 39.8. The zero-order valence-electron chi connectivity index (χ0n) is 15.6. The van der Waals surface area contributed by atoms with Gasteiger partial charge in [0, 0.05) is 26.2 Å². The second-order valence-corrected chi connectivity index (χ2v) is 10.7. The Morgan fingerprint density at radius 1 is 1.23 bits per heavy atom. The van der Waals surface area contributed by atoms with Gasteiger partial charge in [0.25, 0.3) is 5.91 Å². The second-order valence-electron chi connectivity index (χ2n) is 7.22. The van der Waals surface area contributed by atoms with Gasteiger partial charge in [-0.15, -0.1) is 11.3 Å². The number of amides is 1. The number of nitrogens with one attached hydrogen (secondary N) is 1. The molecule has 160 valence electrons. The van der Waals surface area contributed by atoms with Crippen LogP contribution in [-0.2, 0) is 23.1 Å². The summed E-state index contributed by atoms with van der Waals surface area (Å²) in [6.45, 7) is 0. The van der Waals surface area contributed by atoms with Crippen LogP contribution in [0.15, 0.2) is 40.9 Å². The lowest BCUT2D eigenvalue weighted by Gasteiger charge is -2.16. The van der Waals surface area contributed by atoms with Crippen molar-refractivity contribution in [2.45, 2.75) is 24.5 Å². The number of carbonyl (C=O) groups excluding carboxylic acids is 1. The second kappa shape index (κ2) is 7.76. The van der Waals surface area contributed by atoms with Crippen molar-refractivity contribution < 1.29 is 27.9 Å². The number of hydrogen-bond donors (Lipinski definition) is 3. The zero-order chi connectivity index (χ0) is 22.6. The van der Waals surface area contributed by atoms with Gasteiger partial charge in [0.15, 0.2) is 0 Å². The lowest BCUT2D eigenvalue weighted by atomic mass is 10.1. The number of carbonyl (C=O) groups is 1. The first-order chi connectivity index (χ1) is 14.5. The molecule has 4 rings (SSSR count). The number of thiophene rings is 1. The maximum atomic E-state index is 14.2. The van der Waals surface area contributed by atoms with Crippen LogP contribution in [0.1, 0.15) is 31.9 Å². The lowest BCUT2D eigenvalue weighted by Crippen LogP contribution is -2.35. The van der Waals surface area contributed by atoms with Crippen molar-refractivity contribution in [3.63, 3.8) is 0 Å². The van der Waals surface area contributed by atoms with Crippen molar-refractivity contribution in [3.8, 4) is 6.07 Å². The number of halogens is 3. The molecule has 31 heavy (non-hydrogen) atoms. The molecule has 1 heterocycles. The van der Waals surface area contributed by atoms with E-state index in [0.717, 1.165) is 11.1 Å². The molecule has 1 aliphatic rings. The van der Waals surface area contributed by atoms with E-state index in [2.05, 4.69) is 27.3 Å². The molecule has 1 unspecified atom stereocenters. The SMILES string of the molecule is N#Cc1ccc2c(c1)CC(NC(=O)c1ccc3sc(C(F)(F)P(=O)(O)O)c(Br)c3c1)C2. The van der Waals surface area contributed by atoms with Gasteiger partial charge in [-0.3, -0.25) is 9.36 Å². The zero-order valence-corrected chi connectivity index (χ0v) is 18.9. The third-order valence-electron chi connectivity index (χ3n) is 5.13. The Labute approximate surface area is 187 Å². The summed E-state index contributed by atoms with van der Waals surface area (Å²) in [5, 5.41) is 12.2. The Hall–Kier alpha value is -2.15. The third kappa shape index (κ3) is 3.93. The first-order valence-corrected chi connectivity index (χ1v) is 12.2. The smallest absolute Gasteiger partial charge is 0.349 e. The van der Waals surface area contributed by atoms with Crippen LogP contribution < -0.4 is 5.32 Å². The standard InChI is InChI=1S/C20H14BrF2N2O4PS/c21-17-15-8-12(3-4-16(15)31-18(17)20(22,23)30(27,28)29)19(26)25-14-6-11-2-1-10(9-24)5-13(11)7-14/h1-5,8,14H,6-7H2,(H,25,26)(H2,27,28,29). The molecule has 1 atom stereocenters. The minimum atomic E-state index is -5.71. The Bertz CT molecular complexity index is 1310. The highest BCUT2D eigenvalue weighted by Gasteiger charge is 2.53. The Balaban J connectivity index is 1.58. The van der Waals surface area contributed by atoms with E-state index >= 15 is 0 Å². The van der Waals surface area contributed by atoms with Crippen LogP contribution in [0.2, 0.25) is 0 Å².